The molecule has 7 heteroatoms. The summed E-state index contributed by atoms with van der Waals surface area (Å²) >= 11 is 0. The molecular formula is C14H17N5O2. The van der Waals surface area contributed by atoms with E-state index < -0.39 is 0 Å². The Labute approximate surface area is 122 Å². The fraction of sp³-hybridized carbons (Fsp3) is 0.429. The van der Waals surface area contributed by atoms with Crippen LogP contribution in [0.1, 0.15) is 35.4 Å². The summed E-state index contributed by atoms with van der Waals surface area (Å²) in [5, 5.41) is 11.1. The Bertz CT molecular complexity index is 636. The van der Waals surface area contributed by atoms with E-state index in [0.717, 1.165) is 19.5 Å². The van der Waals surface area contributed by atoms with Crippen LogP contribution in [0, 0.1) is 0 Å². The third-order valence-electron chi connectivity index (χ3n) is 3.33. The molecule has 2 aromatic rings. The van der Waals surface area contributed by atoms with Gasteiger partial charge in [-0.2, -0.15) is 0 Å². The van der Waals surface area contributed by atoms with Crippen molar-refractivity contribution in [1.29, 1.82) is 0 Å². The van der Waals surface area contributed by atoms with Crippen LogP contribution in [0.25, 0.3) is 0 Å². The van der Waals surface area contributed by atoms with Crippen LogP contribution in [0.3, 0.4) is 0 Å². The third kappa shape index (κ3) is 2.92. The Balaban J connectivity index is 1.76. The summed E-state index contributed by atoms with van der Waals surface area (Å²) < 4.78 is 7.22. The molecule has 21 heavy (non-hydrogen) atoms. The van der Waals surface area contributed by atoms with E-state index in [4.69, 9.17) is 4.74 Å². The highest BCUT2D eigenvalue weighted by Crippen LogP contribution is 2.16. The van der Waals surface area contributed by atoms with Crippen LogP contribution < -0.4 is 10.1 Å². The number of pyridine rings is 1. The van der Waals surface area contributed by atoms with E-state index in [1.54, 1.807) is 23.1 Å². The number of nitrogens with zero attached hydrogens (tertiary/aromatic N) is 4. The molecule has 1 saturated heterocycles. The quantitative estimate of drug-likeness (QED) is 0.793. The Morgan fingerprint density at radius 2 is 2.33 bits per heavy atom. The predicted octanol–water partition coefficient (Wildman–Crippen LogP) is 0.837. The minimum Gasteiger partial charge on any atom is -0.492 e. The maximum atomic E-state index is 12.4. The lowest BCUT2D eigenvalue weighted by atomic mass is 10.1. The van der Waals surface area contributed by atoms with Crippen molar-refractivity contribution >= 4 is 5.78 Å². The lowest BCUT2D eigenvalue weighted by molar-refractivity contribution is 0.103. The van der Waals surface area contributed by atoms with Crippen LogP contribution >= 0.6 is 0 Å². The molecule has 0 aromatic carbocycles. The van der Waals surface area contributed by atoms with Gasteiger partial charge >= 0.3 is 0 Å². The predicted molar refractivity (Wildman–Crippen MR) is 75.4 cm³/mol. The van der Waals surface area contributed by atoms with Crippen molar-refractivity contribution in [2.75, 3.05) is 19.7 Å². The number of ether oxygens (including phenoxy) is 1. The van der Waals surface area contributed by atoms with E-state index >= 15 is 0 Å². The molecule has 3 rings (SSSR count). The molecule has 7 nitrogen and oxygen atoms in total. The SMILES string of the molecule is CCCOc1cncc(C(=O)c2cn(C3CNC3)nn2)c1. The first-order valence-electron chi connectivity index (χ1n) is 7.03. The van der Waals surface area contributed by atoms with Crippen molar-refractivity contribution in [2.24, 2.45) is 0 Å². The maximum absolute atomic E-state index is 12.4. The normalized spacial score (nSPS) is 14.7. The number of carbonyl (C=O) groups is 1. The molecule has 2 aromatic heterocycles. The highest BCUT2D eigenvalue weighted by atomic mass is 16.5. The number of ketones is 1. The fourth-order valence-corrected chi connectivity index (χ4v) is 2.01. The Morgan fingerprint density at radius 3 is 3.05 bits per heavy atom. The maximum Gasteiger partial charge on any atom is 0.216 e. The third-order valence-corrected chi connectivity index (χ3v) is 3.33. The van der Waals surface area contributed by atoms with Gasteiger partial charge in [-0.25, -0.2) is 4.68 Å². The minimum atomic E-state index is -0.192. The van der Waals surface area contributed by atoms with E-state index in [9.17, 15) is 4.79 Å². The minimum absolute atomic E-state index is 0.192. The Morgan fingerprint density at radius 1 is 1.48 bits per heavy atom. The second-order valence-corrected chi connectivity index (χ2v) is 4.98. The molecule has 0 bridgehead atoms. The fourth-order valence-electron chi connectivity index (χ4n) is 2.01. The average molecular weight is 287 g/mol. The number of hydrogen-bond donors (Lipinski definition) is 1. The van der Waals surface area contributed by atoms with E-state index in [1.165, 1.54) is 6.20 Å². The van der Waals surface area contributed by atoms with Crippen molar-refractivity contribution in [2.45, 2.75) is 19.4 Å². The zero-order valence-corrected chi connectivity index (χ0v) is 11.8. The van der Waals surface area contributed by atoms with Gasteiger partial charge in [0.1, 0.15) is 5.75 Å². The lowest BCUT2D eigenvalue weighted by Gasteiger charge is -2.26. The van der Waals surface area contributed by atoms with Gasteiger partial charge in [0.25, 0.3) is 0 Å². The second-order valence-electron chi connectivity index (χ2n) is 4.98. The number of carbonyl (C=O) groups excluding carboxylic acids is 1. The molecular weight excluding hydrogens is 270 g/mol. The zero-order valence-electron chi connectivity index (χ0n) is 11.8. The number of hydrogen-bond acceptors (Lipinski definition) is 6. The average Bonchev–Trinajstić information content (AvgIpc) is 2.92. The van der Waals surface area contributed by atoms with Gasteiger partial charge in [0, 0.05) is 24.8 Å². The smallest absolute Gasteiger partial charge is 0.216 e. The summed E-state index contributed by atoms with van der Waals surface area (Å²) in [6, 6.07) is 1.98. The molecule has 0 unspecified atom stereocenters. The van der Waals surface area contributed by atoms with Gasteiger partial charge in [-0.05, 0) is 12.5 Å². The lowest BCUT2D eigenvalue weighted by Crippen LogP contribution is -2.43. The van der Waals surface area contributed by atoms with Gasteiger partial charge in [0.05, 0.1) is 25.0 Å². The standard InChI is InChI=1S/C14H17N5O2/c1-2-3-21-12-4-10(5-15-8-12)14(20)13-9-19(18-17-13)11-6-16-7-11/h4-5,8-9,11,16H,2-3,6-7H2,1H3. The van der Waals surface area contributed by atoms with E-state index in [2.05, 4.69) is 20.6 Å². The first-order chi connectivity index (χ1) is 10.3. The Hall–Kier alpha value is -2.28. The van der Waals surface area contributed by atoms with Crippen LogP contribution in [0.5, 0.6) is 5.75 Å². The van der Waals surface area contributed by atoms with Crippen molar-refractivity contribution in [3.8, 4) is 5.75 Å². The first kappa shape index (κ1) is 13.7. The topological polar surface area (TPSA) is 81.9 Å². The summed E-state index contributed by atoms with van der Waals surface area (Å²) in [5.74, 6) is 0.404. The summed E-state index contributed by atoms with van der Waals surface area (Å²) in [4.78, 5) is 16.4. The molecule has 0 spiro atoms. The molecule has 0 saturated carbocycles. The van der Waals surface area contributed by atoms with Gasteiger partial charge in [0.15, 0.2) is 5.69 Å². The number of nitrogens with one attached hydrogen (secondary N) is 1. The van der Waals surface area contributed by atoms with E-state index in [0.29, 0.717) is 23.6 Å². The van der Waals surface area contributed by atoms with Gasteiger partial charge in [-0.1, -0.05) is 12.1 Å². The molecule has 1 N–H and O–H groups in total. The Kier molecular flexibility index (Phi) is 3.92. The molecule has 3 heterocycles. The van der Waals surface area contributed by atoms with E-state index in [1.807, 2.05) is 6.92 Å². The van der Waals surface area contributed by atoms with Crippen molar-refractivity contribution in [3.63, 3.8) is 0 Å². The van der Waals surface area contributed by atoms with Gasteiger partial charge < -0.3 is 10.1 Å². The summed E-state index contributed by atoms with van der Waals surface area (Å²) in [5.41, 5.74) is 0.790. The van der Waals surface area contributed by atoms with Crippen molar-refractivity contribution in [1.82, 2.24) is 25.3 Å². The van der Waals surface area contributed by atoms with Crippen molar-refractivity contribution in [3.05, 3.63) is 35.9 Å². The largest absolute Gasteiger partial charge is 0.492 e. The van der Waals surface area contributed by atoms with Crippen LogP contribution in [-0.4, -0.2) is 45.5 Å². The van der Waals surface area contributed by atoms with Crippen LogP contribution in [0.2, 0.25) is 0 Å². The molecule has 0 aliphatic carbocycles. The molecule has 0 amide bonds. The van der Waals surface area contributed by atoms with Crippen LogP contribution in [0.4, 0.5) is 0 Å². The summed E-state index contributed by atoms with van der Waals surface area (Å²) in [6.07, 6.45) is 5.71. The van der Waals surface area contributed by atoms with Gasteiger partial charge in [-0.3, -0.25) is 9.78 Å². The zero-order chi connectivity index (χ0) is 14.7. The van der Waals surface area contributed by atoms with Crippen LogP contribution in [0.15, 0.2) is 24.7 Å². The molecule has 1 aliphatic rings. The van der Waals surface area contributed by atoms with Gasteiger partial charge in [0.2, 0.25) is 5.78 Å². The summed E-state index contributed by atoms with van der Waals surface area (Å²) in [6.45, 7) is 4.35. The van der Waals surface area contributed by atoms with Crippen LogP contribution in [-0.2, 0) is 0 Å². The molecule has 0 radical (unpaired) electrons. The van der Waals surface area contributed by atoms with E-state index in [-0.39, 0.29) is 11.8 Å². The molecule has 1 fully saturated rings. The van der Waals surface area contributed by atoms with Gasteiger partial charge in [-0.15, -0.1) is 5.10 Å². The molecule has 0 atom stereocenters. The second kappa shape index (κ2) is 6.01. The number of rotatable bonds is 6. The highest BCUT2D eigenvalue weighted by Gasteiger charge is 2.22. The number of aromatic nitrogens is 4. The molecule has 1 aliphatic heterocycles. The summed E-state index contributed by atoms with van der Waals surface area (Å²) in [7, 11) is 0. The first-order valence-corrected chi connectivity index (χ1v) is 7.03. The highest BCUT2D eigenvalue weighted by molar-refractivity contribution is 6.07. The van der Waals surface area contributed by atoms with Crippen molar-refractivity contribution < 1.29 is 9.53 Å². The monoisotopic (exact) mass is 287 g/mol. The molecule has 110 valence electrons.